The monoisotopic (exact) mass is 386 g/mol. The van der Waals surface area contributed by atoms with E-state index >= 15 is 0 Å². The number of ketones is 1. The number of hydrogen-bond donors (Lipinski definition) is 0. The Labute approximate surface area is 169 Å². The van der Waals surface area contributed by atoms with Crippen LogP contribution < -0.4 is 4.74 Å². The van der Waals surface area contributed by atoms with Crippen molar-refractivity contribution in [3.8, 4) is 5.75 Å². The molecule has 0 bridgehead atoms. The topological polar surface area (TPSA) is 26.3 Å². The number of thiophene rings is 1. The van der Waals surface area contributed by atoms with Gasteiger partial charge in [0.05, 0.1) is 0 Å². The lowest BCUT2D eigenvalue weighted by Crippen LogP contribution is -2.27. The molecule has 0 amide bonds. The molecular weight excluding hydrogens is 352 g/mol. The first-order valence-electron chi connectivity index (χ1n) is 10.1. The molecule has 0 aliphatic heterocycles. The highest BCUT2D eigenvalue weighted by Gasteiger charge is 2.32. The lowest BCUT2D eigenvalue weighted by molar-refractivity contribution is -0.128. The molecule has 148 valence electrons. The number of rotatable bonds is 9. The second-order valence-corrected chi connectivity index (χ2v) is 9.25. The fraction of sp³-hybridized carbons (Fsp3) is 0.542. The second-order valence-electron chi connectivity index (χ2n) is 8.30. The van der Waals surface area contributed by atoms with Gasteiger partial charge in [0, 0.05) is 15.7 Å². The molecule has 0 radical (unpaired) electrons. The zero-order valence-electron chi connectivity index (χ0n) is 17.7. The van der Waals surface area contributed by atoms with E-state index in [0.717, 1.165) is 31.4 Å². The SMILES string of the molecule is CCCc1cc(C(CC)(CC)c2cccs2)ccc1OCC(=O)C(C)(C)C. The maximum absolute atomic E-state index is 12.3. The molecule has 3 heteroatoms. The third-order valence-electron chi connectivity index (χ3n) is 5.53. The Morgan fingerprint density at radius 1 is 1.07 bits per heavy atom. The second kappa shape index (κ2) is 9.05. The Morgan fingerprint density at radius 3 is 2.30 bits per heavy atom. The maximum Gasteiger partial charge on any atom is 0.175 e. The van der Waals surface area contributed by atoms with E-state index in [0.29, 0.717) is 0 Å². The summed E-state index contributed by atoms with van der Waals surface area (Å²) in [4.78, 5) is 13.7. The summed E-state index contributed by atoms with van der Waals surface area (Å²) in [6, 6.07) is 11.0. The molecule has 0 saturated heterocycles. The molecule has 2 aromatic rings. The first-order valence-corrected chi connectivity index (χ1v) is 11.0. The van der Waals surface area contributed by atoms with Crippen LogP contribution in [0.15, 0.2) is 35.7 Å². The number of ether oxygens (including phenoxy) is 1. The predicted octanol–water partition coefficient (Wildman–Crippen LogP) is 6.80. The van der Waals surface area contributed by atoms with Crippen LogP contribution in [-0.4, -0.2) is 12.4 Å². The minimum Gasteiger partial charge on any atom is -0.486 e. The average molecular weight is 387 g/mol. The third-order valence-corrected chi connectivity index (χ3v) is 6.60. The number of benzene rings is 1. The van der Waals surface area contributed by atoms with Crippen LogP contribution in [0.2, 0.25) is 0 Å². The first kappa shape index (κ1) is 21.7. The van der Waals surface area contributed by atoms with Crippen LogP contribution in [0.4, 0.5) is 0 Å². The van der Waals surface area contributed by atoms with Crippen LogP contribution in [0, 0.1) is 5.41 Å². The van der Waals surface area contributed by atoms with Gasteiger partial charge < -0.3 is 4.74 Å². The normalized spacial score (nSPS) is 12.2. The van der Waals surface area contributed by atoms with Crippen LogP contribution in [0.1, 0.15) is 76.8 Å². The molecule has 0 aliphatic rings. The zero-order chi connectivity index (χ0) is 20.1. The van der Waals surface area contributed by atoms with Gasteiger partial charge >= 0.3 is 0 Å². The predicted molar refractivity (Wildman–Crippen MR) is 116 cm³/mol. The van der Waals surface area contributed by atoms with Crippen LogP contribution in [0.3, 0.4) is 0 Å². The summed E-state index contributed by atoms with van der Waals surface area (Å²) in [5.41, 5.74) is 2.24. The molecule has 1 aromatic heterocycles. The summed E-state index contributed by atoms with van der Waals surface area (Å²) in [7, 11) is 0. The van der Waals surface area contributed by atoms with Gasteiger partial charge in [-0.2, -0.15) is 0 Å². The largest absolute Gasteiger partial charge is 0.486 e. The summed E-state index contributed by atoms with van der Waals surface area (Å²) in [5.74, 6) is 0.981. The molecule has 0 atom stereocenters. The summed E-state index contributed by atoms with van der Waals surface area (Å²) in [5, 5.41) is 2.16. The Balaban J connectivity index is 2.37. The van der Waals surface area contributed by atoms with Gasteiger partial charge in [0.25, 0.3) is 0 Å². The van der Waals surface area contributed by atoms with Crippen molar-refractivity contribution in [2.45, 2.75) is 72.6 Å². The molecule has 1 aromatic carbocycles. The molecule has 0 saturated carbocycles. The van der Waals surface area contributed by atoms with Gasteiger partial charge in [-0.25, -0.2) is 0 Å². The van der Waals surface area contributed by atoms with Crippen molar-refractivity contribution in [2.75, 3.05) is 6.61 Å². The van der Waals surface area contributed by atoms with Crippen LogP contribution in [-0.2, 0) is 16.6 Å². The van der Waals surface area contributed by atoms with Gasteiger partial charge in [0.15, 0.2) is 5.78 Å². The van der Waals surface area contributed by atoms with E-state index in [4.69, 9.17) is 4.74 Å². The van der Waals surface area contributed by atoms with Gasteiger partial charge in [0.1, 0.15) is 12.4 Å². The standard InChI is InChI=1S/C24H34O2S/c1-7-11-18-16-19(24(8-2,9-3)22-12-10-15-27-22)13-14-20(18)26-17-21(25)23(4,5)6/h10,12-16H,7-9,11,17H2,1-6H3. The fourth-order valence-corrected chi connectivity index (χ4v) is 4.64. The summed E-state index contributed by atoms with van der Waals surface area (Å²) < 4.78 is 5.96. The molecule has 0 aliphatic carbocycles. The van der Waals surface area contributed by atoms with Crippen molar-refractivity contribution in [2.24, 2.45) is 5.41 Å². The number of carbonyl (C=O) groups is 1. The van der Waals surface area contributed by atoms with E-state index < -0.39 is 0 Å². The van der Waals surface area contributed by atoms with Gasteiger partial charge in [-0.05, 0) is 47.9 Å². The number of Topliss-reactive ketones (excluding diaryl/α,β-unsaturated/α-hetero) is 1. The molecule has 2 nitrogen and oxygen atoms in total. The van der Waals surface area contributed by atoms with E-state index in [1.807, 2.05) is 32.1 Å². The summed E-state index contributed by atoms with van der Waals surface area (Å²) in [6.07, 6.45) is 4.15. The van der Waals surface area contributed by atoms with Gasteiger partial charge in [-0.3, -0.25) is 4.79 Å². The molecule has 1 heterocycles. The van der Waals surface area contributed by atoms with Gasteiger partial charge in [-0.1, -0.05) is 66.2 Å². The lowest BCUT2D eigenvalue weighted by Gasteiger charge is -2.32. The van der Waals surface area contributed by atoms with E-state index in [9.17, 15) is 4.79 Å². The third kappa shape index (κ3) is 4.82. The number of aryl methyl sites for hydroxylation is 1. The first-order chi connectivity index (χ1) is 12.8. The number of hydrogen-bond acceptors (Lipinski definition) is 3. The minimum absolute atomic E-state index is 0.0520. The molecule has 0 spiro atoms. The van der Waals surface area contributed by atoms with Crippen molar-refractivity contribution in [3.05, 3.63) is 51.7 Å². The highest BCUT2D eigenvalue weighted by molar-refractivity contribution is 7.10. The minimum atomic E-state index is -0.371. The number of carbonyl (C=O) groups excluding carboxylic acids is 1. The van der Waals surface area contributed by atoms with Gasteiger partial charge in [-0.15, -0.1) is 11.3 Å². The highest BCUT2D eigenvalue weighted by atomic mass is 32.1. The van der Waals surface area contributed by atoms with E-state index in [1.165, 1.54) is 16.0 Å². The zero-order valence-corrected chi connectivity index (χ0v) is 18.5. The van der Waals surface area contributed by atoms with Crippen LogP contribution in [0.5, 0.6) is 5.75 Å². The Morgan fingerprint density at radius 2 is 1.78 bits per heavy atom. The lowest BCUT2D eigenvalue weighted by atomic mass is 9.74. The van der Waals surface area contributed by atoms with Gasteiger partial charge in [0.2, 0.25) is 0 Å². The van der Waals surface area contributed by atoms with Crippen LogP contribution >= 0.6 is 11.3 Å². The molecule has 27 heavy (non-hydrogen) atoms. The van der Waals surface area contributed by atoms with Crippen molar-refractivity contribution in [1.29, 1.82) is 0 Å². The average Bonchev–Trinajstić information content (AvgIpc) is 3.17. The van der Waals surface area contributed by atoms with Crippen molar-refractivity contribution in [3.63, 3.8) is 0 Å². The summed E-state index contributed by atoms with van der Waals surface area (Å²) in [6.45, 7) is 12.7. The van der Waals surface area contributed by atoms with E-state index in [1.54, 1.807) is 0 Å². The Hall–Kier alpha value is -1.61. The molecule has 0 N–H and O–H groups in total. The van der Waals surface area contributed by atoms with Crippen molar-refractivity contribution < 1.29 is 9.53 Å². The molecule has 0 unspecified atom stereocenters. The summed E-state index contributed by atoms with van der Waals surface area (Å²) >= 11 is 1.84. The Bertz CT molecular complexity index is 734. The van der Waals surface area contributed by atoms with Crippen molar-refractivity contribution in [1.82, 2.24) is 0 Å². The van der Waals surface area contributed by atoms with Crippen LogP contribution in [0.25, 0.3) is 0 Å². The van der Waals surface area contributed by atoms with E-state index in [-0.39, 0.29) is 23.2 Å². The Kier molecular flexibility index (Phi) is 7.27. The van der Waals surface area contributed by atoms with Crippen molar-refractivity contribution >= 4 is 17.1 Å². The molecule has 0 fully saturated rings. The smallest absolute Gasteiger partial charge is 0.175 e. The van der Waals surface area contributed by atoms with E-state index in [2.05, 4.69) is 56.5 Å². The molecule has 2 rings (SSSR count). The molecular formula is C24H34O2S. The maximum atomic E-state index is 12.3. The highest BCUT2D eigenvalue weighted by Crippen LogP contribution is 2.42. The fourth-order valence-electron chi connectivity index (χ4n) is 3.54. The quantitative estimate of drug-likeness (QED) is 0.473.